The Kier molecular flexibility index (Phi) is 4.16. The molecule has 0 atom stereocenters. The highest BCUT2D eigenvalue weighted by atomic mass is 15.1. The van der Waals surface area contributed by atoms with Crippen LogP contribution < -0.4 is 11.1 Å². The van der Waals surface area contributed by atoms with E-state index in [0.29, 0.717) is 5.96 Å². The summed E-state index contributed by atoms with van der Waals surface area (Å²) in [6, 6.07) is 6.11. The Morgan fingerprint density at radius 1 is 1.40 bits per heavy atom. The number of benzene rings is 1. The van der Waals surface area contributed by atoms with E-state index in [4.69, 9.17) is 5.73 Å². The minimum atomic E-state index is 0.491. The highest BCUT2D eigenvalue weighted by Crippen LogP contribution is 2.17. The quantitative estimate of drug-likeness (QED) is 0.588. The van der Waals surface area contributed by atoms with Crippen molar-refractivity contribution >= 4 is 11.6 Å². The second-order valence-corrected chi connectivity index (χ2v) is 3.64. The first-order valence-electron chi connectivity index (χ1n) is 5.28. The zero-order valence-electron chi connectivity index (χ0n) is 9.67. The molecule has 15 heavy (non-hydrogen) atoms. The summed E-state index contributed by atoms with van der Waals surface area (Å²) in [4.78, 5) is 4.19. The molecule has 1 rings (SSSR count). The molecule has 0 unspecified atom stereocenters. The molecule has 1 aromatic carbocycles. The molecule has 0 aliphatic carbocycles. The van der Waals surface area contributed by atoms with Crippen LogP contribution in [0.4, 0.5) is 5.69 Å². The van der Waals surface area contributed by atoms with Gasteiger partial charge in [0.15, 0.2) is 5.96 Å². The summed E-state index contributed by atoms with van der Waals surface area (Å²) in [7, 11) is 0. The van der Waals surface area contributed by atoms with Crippen molar-refractivity contribution in [3.05, 3.63) is 29.3 Å². The monoisotopic (exact) mass is 205 g/mol. The van der Waals surface area contributed by atoms with Crippen LogP contribution in [0.5, 0.6) is 0 Å². The molecule has 0 saturated carbocycles. The molecule has 0 aliphatic rings. The van der Waals surface area contributed by atoms with Crippen molar-refractivity contribution in [2.75, 3.05) is 11.9 Å². The van der Waals surface area contributed by atoms with E-state index in [1.807, 2.05) is 12.1 Å². The number of nitrogens with one attached hydrogen (secondary N) is 1. The van der Waals surface area contributed by atoms with Crippen molar-refractivity contribution in [1.82, 2.24) is 0 Å². The Hall–Kier alpha value is -1.51. The van der Waals surface area contributed by atoms with Crippen LogP contribution in [0.3, 0.4) is 0 Å². The summed E-state index contributed by atoms with van der Waals surface area (Å²) < 4.78 is 0. The third-order valence-electron chi connectivity index (χ3n) is 2.37. The van der Waals surface area contributed by atoms with Crippen molar-refractivity contribution in [3.8, 4) is 0 Å². The van der Waals surface area contributed by atoms with Gasteiger partial charge in [0, 0.05) is 12.2 Å². The fraction of sp³-hybridized carbons (Fsp3) is 0.417. The molecular weight excluding hydrogens is 186 g/mol. The van der Waals surface area contributed by atoms with E-state index in [0.717, 1.165) is 18.7 Å². The first kappa shape index (κ1) is 11.6. The summed E-state index contributed by atoms with van der Waals surface area (Å²) in [5, 5.41) is 3.11. The number of hydrogen-bond donors (Lipinski definition) is 2. The maximum Gasteiger partial charge on any atom is 0.193 e. The van der Waals surface area contributed by atoms with Crippen LogP contribution in [0, 0.1) is 13.8 Å². The van der Waals surface area contributed by atoms with Gasteiger partial charge in [-0.2, -0.15) is 0 Å². The summed E-state index contributed by atoms with van der Waals surface area (Å²) in [5.74, 6) is 0.491. The molecule has 1 aromatic rings. The number of hydrogen-bond acceptors (Lipinski definition) is 1. The number of anilines is 1. The largest absolute Gasteiger partial charge is 0.370 e. The Labute approximate surface area is 91.4 Å². The Morgan fingerprint density at radius 2 is 2.13 bits per heavy atom. The molecule has 0 amide bonds. The van der Waals surface area contributed by atoms with E-state index in [2.05, 4.69) is 37.1 Å². The topological polar surface area (TPSA) is 50.4 Å². The predicted molar refractivity (Wildman–Crippen MR) is 66.3 cm³/mol. The van der Waals surface area contributed by atoms with Crippen molar-refractivity contribution in [3.63, 3.8) is 0 Å². The molecule has 0 fully saturated rings. The van der Waals surface area contributed by atoms with E-state index < -0.39 is 0 Å². The molecule has 0 spiro atoms. The van der Waals surface area contributed by atoms with Crippen LogP contribution in [-0.2, 0) is 0 Å². The minimum absolute atomic E-state index is 0.491. The van der Waals surface area contributed by atoms with Gasteiger partial charge < -0.3 is 11.1 Å². The Morgan fingerprint density at radius 3 is 2.80 bits per heavy atom. The van der Waals surface area contributed by atoms with Crippen molar-refractivity contribution in [2.45, 2.75) is 27.2 Å². The fourth-order valence-corrected chi connectivity index (χ4v) is 1.30. The Balaban J connectivity index is 2.76. The lowest BCUT2D eigenvalue weighted by Crippen LogP contribution is -2.23. The van der Waals surface area contributed by atoms with Crippen LogP contribution in [0.15, 0.2) is 23.2 Å². The fourth-order valence-electron chi connectivity index (χ4n) is 1.30. The van der Waals surface area contributed by atoms with Crippen LogP contribution in [0.1, 0.15) is 24.5 Å². The van der Waals surface area contributed by atoms with E-state index in [-0.39, 0.29) is 0 Å². The second kappa shape index (κ2) is 5.39. The first-order chi connectivity index (χ1) is 7.15. The molecule has 0 saturated heterocycles. The van der Waals surface area contributed by atoms with Crippen molar-refractivity contribution in [2.24, 2.45) is 10.7 Å². The number of nitrogens with two attached hydrogens (primary N) is 1. The number of guanidine groups is 1. The summed E-state index contributed by atoms with van der Waals surface area (Å²) >= 11 is 0. The van der Waals surface area contributed by atoms with Gasteiger partial charge in [0.05, 0.1) is 0 Å². The lowest BCUT2D eigenvalue weighted by Gasteiger charge is -2.10. The molecule has 0 radical (unpaired) electrons. The smallest absolute Gasteiger partial charge is 0.193 e. The highest BCUT2D eigenvalue weighted by Gasteiger charge is 2.00. The number of nitrogens with zero attached hydrogens (tertiary/aromatic N) is 1. The molecular formula is C12H19N3. The molecule has 3 heteroatoms. The van der Waals surface area contributed by atoms with Gasteiger partial charge >= 0.3 is 0 Å². The van der Waals surface area contributed by atoms with Gasteiger partial charge in [-0.3, -0.25) is 4.99 Å². The number of rotatable bonds is 3. The maximum absolute atomic E-state index is 5.75. The second-order valence-electron chi connectivity index (χ2n) is 3.64. The van der Waals surface area contributed by atoms with Crippen LogP contribution in [0.2, 0.25) is 0 Å². The van der Waals surface area contributed by atoms with E-state index >= 15 is 0 Å². The molecule has 3 N–H and O–H groups in total. The summed E-state index contributed by atoms with van der Waals surface area (Å²) in [5.41, 5.74) is 9.25. The lowest BCUT2D eigenvalue weighted by molar-refractivity contribution is 0.929. The third-order valence-corrected chi connectivity index (χ3v) is 2.37. The van der Waals surface area contributed by atoms with Crippen molar-refractivity contribution in [1.29, 1.82) is 0 Å². The van der Waals surface area contributed by atoms with Gasteiger partial charge in [0.25, 0.3) is 0 Å². The predicted octanol–water partition coefficient (Wildman–Crippen LogP) is 2.44. The minimum Gasteiger partial charge on any atom is -0.370 e. The van der Waals surface area contributed by atoms with E-state index in [1.54, 1.807) is 0 Å². The number of aliphatic imine (C=N–C) groups is 1. The molecule has 82 valence electrons. The maximum atomic E-state index is 5.75. The average molecular weight is 205 g/mol. The Bertz CT molecular complexity index is 356. The SMILES string of the molecule is CCCN=C(N)Nc1cccc(C)c1C. The van der Waals surface area contributed by atoms with Gasteiger partial charge in [0.2, 0.25) is 0 Å². The van der Waals surface area contributed by atoms with Gasteiger partial charge in [0.1, 0.15) is 0 Å². The van der Waals surface area contributed by atoms with Gasteiger partial charge in [-0.05, 0) is 37.5 Å². The molecule has 0 heterocycles. The van der Waals surface area contributed by atoms with Gasteiger partial charge in [-0.1, -0.05) is 19.1 Å². The first-order valence-corrected chi connectivity index (χ1v) is 5.28. The molecule has 0 bridgehead atoms. The highest BCUT2D eigenvalue weighted by molar-refractivity contribution is 5.93. The molecule has 0 aromatic heterocycles. The third kappa shape index (κ3) is 3.27. The average Bonchev–Trinajstić information content (AvgIpc) is 2.22. The lowest BCUT2D eigenvalue weighted by atomic mass is 10.1. The van der Waals surface area contributed by atoms with E-state index in [1.165, 1.54) is 11.1 Å². The molecule has 0 aliphatic heterocycles. The van der Waals surface area contributed by atoms with Crippen LogP contribution in [0.25, 0.3) is 0 Å². The zero-order chi connectivity index (χ0) is 11.3. The van der Waals surface area contributed by atoms with Gasteiger partial charge in [-0.25, -0.2) is 0 Å². The van der Waals surface area contributed by atoms with Crippen LogP contribution in [-0.4, -0.2) is 12.5 Å². The van der Waals surface area contributed by atoms with Gasteiger partial charge in [-0.15, -0.1) is 0 Å². The van der Waals surface area contributed by atoms with Crippen LogP contribution >= 0.6 is 0 Å². The normalized spacial score (nSPS) is 11.5. The summed E-state index contributed by atoms with van der Waals surface area (Å²) in [6.45, 7) is 7.00. The summed E-state index contributed by atoms with van der Waals surface area (Å²) in [6.07, 6.45) is 1.01. The zero-order valence-corrected chi connectivity index (χ0v) is 9.67. The number of aryl methyl sites for hydroxylation is 1. The standard InChI is InChI=1S/C12H19N3/c1-4-8-14-12(13)15-11-7-5-6-9(2)10(11)3/h5-7H,4,8H2,1-3H3,(H3,13,14,15). The van der Waals surface area contributed by atoms with Crippen molar-refractivity contribution < 1.29 is 0 Å². The van der Waals surface area contributed by atoms with E-state index in [9.17, 15) is 0 Å². The molecule has 3 nitrogen and oxygen atoms in total.